The quantitative estimate of drug-likeness (QED) is 0.380. The average molecular weight is 331 g/mol. The minimum atomic E-state index is -0.203. The van der Waals surface area contributed by atoms with Crippen molar-refractivity contribution in [1.29, 1.82) is 0 Å². The van der Waals surface area contributed by atoms with Crippen LogP contribution in [0, 0.1) is 0 Å². The van der Waals surface area contributed by atoms with Crippen LogP contribution in [-0.4, -0.2) is 33.3 Å². The van der Waals surface area contributed by atoms with E-state index in [1.165, 1.54) is 23.9 Å². The van der Waals surface area contributed by atoms with E-state index in [0.717, 1.165) is 0 Å². The number of hydrogen-bond donors (Lipinski definition) is 3. The molecular weight excluding hydrogens is 318 g/mol. The second kappa shape index (κ2) is 6.05. The van der Waals surface area contributed by atoms with Crippen molar-refractivity contribution < 1.29 is 14.4 Å². The maximum absolute atomic E-state index is 12.0. The van der Waals surface area contributed by atoms with Crippen molar-refractivity contribution in [1.82, 2.24) is 15.3 Å². The van der Waals surface area contributed by atoms with Gasteiger partial charge in [0, 0.05) is 17.5 Å². The third-order valence-electron chi connectivity index (χ3n) is 3.09. The summed E-state index contributed by atoms with van der Waals surface area (Å²) in [7, 11) is 0. The third-order valence-corrected chi connectivity index (χ3v) is 4.12. The van der Waals surface area contributed by atoms with Crippen LogP contribution in [0.2, 0.25) is 0 Å². The molecule has 0 spiro atoms. The first-order chi connectivity index (χ1) is 11.1. The highest BCUT2D eigenvalue weighted by atomic mass is 32.1. The first kappa shape index (κ1) is 15.0. The summed E-state index contributed by atoms with van der Waals surface area (Å²) >= 11 is 1.20. The molecule has 0 unspecified atom stereocenters. The van der Waals surface area contributed by atoms with Crippen LogP contribution < -0.4 is 11.1 Å². The van der Waals surface area contributed by atoms with E-state index >= 15 is 0 Å². The number of nitrogens with zero attached hydrogens (tertiary/aromatic N) is 3. The molecule has 3 heterocycles. The van der Waals surface area contributed by atoms with Crippen LogP contribution in [0.15, 0.2) is 34.2 Å². The van der Waals surface area contributed by atoms with Gasteiger partial charge in [-0.3, -0.25) is 4.79 Å². The summed E-state index contributed by atoms with van der Waals surface area (Å²) < 4.78 is 5.01. The topological polar surface area (TPSA) is 127 Å². The standard InChI is InChI=1S/C14H13N5O3S/c1-2-16-12(20)9-5-8-11(17-14(15)18-13(8)23-9)10(19-21)7-3-4-22-6-7/h3-6,21H,2H2,1H3,(H,16,20)(H2,15,17,18)/b19-10+. The number of furan rings is 1. The Bertz CT molecular complexity index is 885. The highest BCUT2D eigenvalue weighted by molar-refractivity contribution is 7.20. The number of thiophene rings is 1. The molecule has 0 bridgehead atoms. The third kappa shape index (κ3) is 2.73. The van der Waals surface area contributed by atoms with Crippen molar-refractivity contribution in [2.75, 3.05) is 12.3 Å². The van der Waals surface area contributed by atoms with Gasteiger partial charge in [0.05, 0.1) is 17.4 Å². The number of nitrogen functional groups attached to an aromatic ring is 1. The molecule has 0 atom stereocenters. The lowest BCUT2D eigenvalue weighted by atomic mass is 10.1. The van der Waals surface area contributed by atoms with Crippen molar-refractivity contribution in [3.05, 3.63) is 40.8 Å². The zero-order valence-corrected chi connectivity index (χ0v) is 12.9. The van der Waals surface area contributed by atoms with Crippen LogP contribution in [0.1, 0.15) is 27.9 Å². The number of hydrogen-bond acceptors (Lipinski definition) is 8. The number of nitrogens with two attached hydrogens (primary N) is 1. The van der Waals surface area contributed by atoms with Gasteiger partial charge in [-0.2, -0.15) is 0 Å². The second-order valence-corrected chi connectivity index (χ2v) is 5.61. The number of oxime groups is 1. The molecule has 23 heavy (non-hydrogen) atoms. The minimum absolute atomic E-state index is 0.0291. The van der Waals surface area contributed by atoms with Gasteiger partial charge in [-0.15, -0.1) is 11.3 Å². The molecule has 0 aliphatic rings. The predicted molar refractivity (Wildman–Crippen MR) is 86.0 cm³/mol. The molecule has 9 heteroatoms. The van der Waals surface area contributed by atoms with E-state index < -0.39 is 0 Å². The molecule has 4 N–H and O–H groups in total. The normalized spacial score (nSPS) is 11.8. The number of anilines is 1. The summed E-state index contributed by atoms with van der Waals surface area (Å²) in [6, 6.07) is 3.29. The lowest BCUT2D eigenvalue weighted by molar-refractivity contribution is 0.0960. The van der Waals surface area contributed by atoms with Gasteiger partial charge in [0.1, 0.15) is 16.2 Å². The number of amides is 1. The molecular formula is C14H13N5O3S. The average Bonchev–Trinajstić information content (AvgIpc) is 3.17. The fourth-order valence-corrected chi connectivity index (χ4v) is 3.07. The zero-order chi connectivity index (χ0) is 16.4. The van der Waals surface area contributed by atoms with Crippen molar-refractivity contribution in [2.24, 2.45) is 5.16 Å². The molecule has 0 fully saturated rings. The van der Waals surface area contributed by atoms with Gasteiger partial charge in [-0.25, -0.2) is 9.97 Å². The molecule has 8 nitrogen and oxygen atoms in total. The maximum Gasteiger partial charge on any atom is 0.261 e. The molecule has 0 aliphatic carbocycles. The van der Waals surface area contributed by atoms with Crippen LogP contribution in [0.25, 0.3) is 10.2 Å². The Morgan fingerprint density at radius 1 is 1.52 bits per heavy atom. The molecule has 1 amide bonds. The fraction of sp³-hybridized carbons (Fsp3) is 0.143. The fourth-order valence-electron chi connectivity index (χ4n) is 2.12. The lowest BCUT2D eigenvalue weighted by Crippen LogP contribution is -2.21. The van der Waals surface area contributed by atoms with Crippen LogP contribution in [0.5, 0.6) is 0 Å². The number of fused-ring (bicyclic) bond motifs is 1. The zero-order valence-electron chi connectivity index (χ0n) is 12.1. The Morgan fingerprint density at radius 2 is 2.35 bits per heavy atom. The summed E-state index contributed by atoms with van der Waals surface area (Å²) in [6.45, 7) is 2.36. The van der Waals surface area contributed by atoms with Crippen molar-refractivity contribution in [3.8, 4) is 0 Å². The molecule has 3 aromatic rings. The molecule has 118 valence electrons. The molecule has 3 rings (SSSR count). The summed E-state index contributed by atoms with van der Waals surface area (Å²) in [6.07, 6.45) is 2.88. The van der Waals surface area contributed by atoms with Gasteiger partial charge >= 0.3 is 0 Å². The van der Waals surface area contributed by atoms with Crippen molar-refractivity contribution in [3.63, 3.8) is 0 Å². The van der Waals surface area contributed by atoms with Crippen LogP contribution in [0.3, 0.4) is 0 Å². The van der Waals surface area contributed by atoms with E-state index in [1.807, 2.05) is 6.92 Å². The summed E-state index contributed by atoms with van der Waals surface area (Å²) in [4.78, 5) is 21.3. The number of rotatable bonds is 4. The Hall–Kier alpha value is -2.94. The first-order valence-electron chi connectivity index (χ1n) is 6.74. The predicted octanol–water partition coefficient (Wildman–Crippen LogP) is 1.84. The van der Waals surface area contributed by atoms with Gasteiger partial charge in [-0.05, 0) is 19.1 Å². The van der Waals surface area contributed by atoms with Gasteiger partial charge in [0.15, 0.2) is 0 Å². The molecule has 0 aromatic carbocycles. The van der Waals surface area contributed by atoms with Crippen LogP contribution in [0.4, 0.5) is 5.95 Å². The SMILES string of the molecule is CCNC(=O)c1cc2c(/C(=N/O)c3ccoc3)nc(N)nc2s1. The molecule has 3 aromatic heterocycles. The summed E-state index contributed by atoms with van der Waals surface area (Å²) in [5, 5.41) is 16.0. The highest BCUT2D eigenvalue weighted by Gasteiger charge is 2.20. The summed E-state index contributed by atoms with van der Waals surface area (Å²) in [5.41, 5.74) is 6.81. The molecule has 0 aliphatic heterocycles. The Kier molecular flexibility index (Phi) is 3.94. The van der Waals surface area contributed by atoms with E-state index in [4.69, 9.17) is 10.2 Å². The first-order valence-corrected chi connectivity index (χ1v) is 7.56. The molecule has 0 saturated carbocycles. The van der Waals surface area contributed by atoms with Gasteiger partial charge in [-0.1, -0.05) is 5.16 Å². The monoisotopic (exact) mass is 331 g/mol. The Labute approximate surface area is 134 Å². The number of carbonyl (C=O) groups excluding carboxylic acids is 1. The smallest absolute Gasteiger partial charge is 0.261 e. The largest absolute Gasteiger partial charge is 0.472 e. The lowest BCUT2D eigenvalue weighted by Gasteiger charge is -2.03. The van der Waals surface area contributed by atoms with Crippen molar-refractivity contribution >= 4 is 39.1 Å². The number of nitrogens with one attached hydrogen (secondary N) is 1. The summed E-state index contributed by atoms with van der Waals surface area (Å²) in [5.74, 6) is -0.174. The van der Waals surface area contributed by atoms with E-state index in [1.54, 1.807) is 12.1 Å². The molecule has 0 saturated heterocycles. The van der Waals surface area contributed by atoms with Crippen molar-refractivity contribution in [2.45, 2.75) is 6.92 Å². The van der Waals surface area contributed by atoms with Crippen LogP contribution in [-0.2, 0) is 0 Å². The minimum Gasteiger partial charge on any atom is -0.472 e. The van der Waals surface area contributed by atoms with E-state index in [9.17, 15) is 10.0 Å². The number of carbonyl (C=O) groups is 1. The Balaban J connectivity index is 2.18. The van der Waals surface area contributed by atoms with E-state index in [0.29, 0.717) is 32.9 Å². The van der Waals surface area contributed by atoms with Gasteiger partial charge in [0.25, 0.3) is 5.91 Å². The highest BCUT2D eigenvalue weighted by Crippen LogP contribution is 2.28. The van der Waals surface area contributed by atoms with E-state index in [2.05, 4.69) is 20.4 Å². The molecule has 0 radical (unpaired) electrons. The van der Waals surface area contributed by atoms with Gasteiger partial charge in [0.2, 0.25) is 5.95 Å². The second-order valence-electron chi connectivity index (χ2n) is 4.58. The Morgan fingerprint density at radius 3 is 3.00 bits per heavy atom. The van der Waals surface area contributed by atoms with E-state index in [-0.39, 0.29) is 17.6 Å². The maximum atomic E-state index is 12.0. The van der Waals surface area contributed by atoms with Gasteiger partial charge < -0.3 is 20.7 Å². The van der Waals surface area contributed by atoms with Crippen LogP contribution >= 0.6 is 11.3 Å². The number of aromatic nitrogens is 2.